The topological polar surface area (TPSA) is 50.1 Å². The first-order valence-corrected chi connectivity index (χ1v) is 2.63. The van der Waals surface area contributed by atoms with E-state index in [0.29, 0.717) is 6.61 Å². The molecule has 0 rings (SSSR count). The monoisotopic (exact) mass is 295 g/mol. The summed E-state index contributed by atoms with van der Waals surface area (Å²) in [6.45, 7) is 5.08. The number of hydrogen-bond acceptors (Lipinski definition) is 3. The van der Waals surface area contributed by atoms with Crippen LogP contribution in [0.25, 0.3) is 0 Å². The molecule has 0 unspecified atom stereocenters. The molecule has 0 aliphatic heterocycles. The number of nitriles is 1. The molecule has 0 N–H and O–H groups in total. The number of rotatable bonds is 1. The molecule has 5 heteroatoms. The Hall–Kier alpha value is 1.33. The molecule has 0 aromatic heterocycles. The molecule has 0 fully saturated rings. The third-order valence-corrected chi connectivity index (χ3v) is 0.348. The van der Waals surface area contributed by atoms with E-state index in [1.807, 2.05) is 0 Å². The average molecular weight is 295 g/mol. The van der Waals surface area contributed by atoms with Gasteiger partial charge < -0.3 is 28.7 Å². The van der Waals surface area contributed by atoms with Crippen molar-refractivity contribution in [3.05, 3.63) is 0 Å². The summed E-state index contributed by atoms with van der Waals surface area (Å²) in [6.07, 6.45) is 0. The summed E-state index contributed by atoms with van der Waals surface area (Å²) in [6, 6.07) is 1.75. The summed E-state index contributed by atoms with van der Waals surface area (Å²) < 4.78 is 4.40. The van der Waals surface area contributed by atoms with Crippen LogP contribution in [0.2, 0.25) is 0 Å². The molecule has 0 radical (unpaired) electrons. The van der Waals surface area contributed by atoms with Gasteiger partial charge in [0.2, 0.25) is 0 Å². The fourth-order valence-corrected chi connectivity index (χ4v) is 0.203. The van der Waals surface area contributed by atoms with Crippen molar-refractivity contribution < 1.29 is 84.9 Å². The van der Waals surface area contributed by atoms with Crippen LogP contribution in [-0.2, 0) is 9.53 Å². The Kier molecular flexibility index (Phi) is 46.7. The van der Waals surface area contributed by atoms with Gasteiger partial charge in [0.1, 0.15) is 0 Å². The molecule has 0 aromatic rings. The van der Waals surface area contributed by atoms with Gasteiger partial charge in [0, 0.05) is 13.8 Å². The third-order valence-electron chi connectivity index (χ3n) is 0.348. The molecule has 0 saturated heterocycles. The first-order valence-electron chi connectivity index (χ1n) is 2.63. The van der Waals surface area contributed by atoms with Crippen molar-refractivity contribution in [3.8, 4) is 6.07 Å². The third kappa shape index (κ3) is 52.6. The van der Waals surface area contributed by atoms with Crippen LogP contribution in [0, 0.1) is 11.3 Å². The molecule has 0 saturated carbocycles. The van der Waals surface area contributed by atoms with Crippen LogP contribution >= 0.6 is 0 Å². The summed E-state index contributed by atoms with van der Waals surface area (Å²) >= 11 is 0. The fourth-order valence-electron chi connectivity index (χ4n) is 0.203. The summed E-state index contributed by atoms with van der Waals surface area (Å²) in [5, 5.41) is 7.32. The first-order chi connectivity index (χ1) is 4.18. The molecule has 0 heterocycles. The number of halogens is 1. The molecule has 0 spiro atoms. The van der Waals surface area contributed by atoms with E-state index in [2.05, 4.69) is 4.74 Å². The van der Waals surface area contributed by atoms with Crippen molar-refractivity contribution >= 4 is 5.97 Å². The predicted molar refractivity (Wildman–Crippen MR) is 33.6 cm³/mol. The van der Waals surface area contributed by atoms with Crippen LogP contribution in [0.4, 0.5) is 0 Å². The van der Waals surface area contributed by atoms with Crippen LogP contribution in [0.5, 0.6) is 0 Å². The van der Waals surface area contributed by atoms with E-state index in [0.717, 1.165) is 0 Å². The van der Waals surface area contributed by atoms with Crippen LogP contribution in [0.15, 0.2) is 0 Å². The minimum Gasteiger partial charge on any atom is -1.00 e. The van der Waals surface area contributed by atoms with Crippen molar-refractivity contribution in [2.45, 2.75) is 20.8 Å². The van der Waals surface area contributed by atoms with Gasteiger partial charge in [-0.3, -0.25) is 4.79 Å². The van der Waals surface area contributed by atoms with Crippen molar-refractivity contribution in [2.24, 2.45) is 0 Å². The number of ether oxygens (including phenoxy) is 1. The first kappa shape index (κ1) is 22.8. The maximum Gasteiger partial charge on any atom is 1.00 e. The Balaban J connectivity index is -0.0000000437. The molecule has 60 valence electrons. The van der Waals surface area contributed by atoms with Crippen LogP contribution in [0.1, 0.15) is 20.8 Å². The van der Waals surface area contributed by atoms with Crippen molar-refractivity contribution in [2.75, 3.05) is 6.61 Å². The van der Waals surface area contributed by atoms with E-state index in [1.165, 1.54) is 13.8 Å². The molecule has 0 aromatic carbocycles. The number of hydrogen-bond donors (Lipinski definition) is 0. The van der Waals surface area contributed by atoms with Gasteiger partial charge in [0.25, 0.3) is 0 Å². The molecule has 0 atom stereocenters. The van der Waals surface area contributed by atoms with Crippen LogP contribution in [0.3, 0.4) is 0 Å². The molecular weight excluding hydrogens is 284 g/mol. The van der Waals surface area contributed by atoms with Gasteiger partial charge >= 0.3 is 57.4 Å². The van der Waals surface area contributed by atoms with Crippen LogP contribution in [-0.4, -0.2) is 12.6 Å². The quantitative estimate of drug-likeness (QED) is 0.277. The molecular formula is C6H11IKNO2. The summed E-state index contributed by atoms with van der Waals surface area (Å²) in [7, 11) is 0. The van der Waals surface area contributed by atoms with E-state index in [4.69, 9.17) is 5.26 Å². The Morgan fingerprint density at radius 2 is 1.91 bits per heavy atom. The Bertz CT molecular complexity index is 114. The van der Waals surface area contributed by atoms with Gasteiger partial charge in [-0.05, 0) is 6.92 Å². The van der Waals surface area contributed by atoms with Crippen molar-refractivity contribution in [1.82, 2.24) is 0 Å². The summed E-state index contributed by atoms with van der Waals surface area (Å²) in [5.74, 6) is -0.211. The summed E-state index contributed by atoms with van der Waals surface area (Å²) in [4.78, 5) is 9.82. The van der Waals surface area contributed by atoms with E-state index in [9.17, 15) is 4.79 Å². The zero-order chi connectivity index (χ0) is 7.70. The zero-order valence-corrected chi connectivity index (χ0v) is 12.6. The maximum absolute atomic E-state index is 9.82. The second kappa shape index (κ2) is 22.5. The minimum atomic E-state index is -0.211. The average Bonchev–Trinajstić information content (AvgIpc) is 1.67. The van der Waals surface area contributed by atoms with E-state index in [-0.39, 0.29) is 81.3 Å². The second-order valence-electron chi connectivity index (χ2n) is 1.15. The normalized spacial score (nSPS) is 4.91. The molecule has 0 aliphatic carbocycles. The largest absolute Gasteiger partial charge is 1.00 e. The fraction of sp³-hybridized carbons (Fsp3) is 0.667. The van der Waals surface area contributed by atoms with E-state index >= 15 is 0 Å². The molecule has 0 aliphatic rings. The van der Waals surface area contributed by atoms with Gasteiger partial charge in [-0.15, -0.1) is 0 Å². The van der Waals surface area contributed by atoms with Crippen LogP contribution < -0.4 is 75.4 Å². The Morgan fingerprint density at radius 1 is 1.64 bits per heavy atom. The van der Waals surface area contributed by atoms with Gasteiger partial charge in [0.05, 0.1) is 12.7 Å². The smallest absolute Gasteiger partial charge is 1.00 e. The molecule has 11 heavy (non-hydrogen) atoms. The molecule has 0 bridgehead atoms. The maximum atomic E-state index is 9.82. The van der Waals surface area contributed by atoms with E-state index in [1.54, 1.807) is 13.0 Å². The summed E-state index contributed by atoms with van der Waals surface area (Å²) in [5.41, 5.74) is 0. The number of carbonyl (C=O) groups excluding carboxylic acids is 1. The number of carbonyl (C=O) groups is 1. The SMILES string of the molecule is CC#N.CCOC(C)=O.[I-].[K+]. The number of esters is 1. The van der Waals surface area contributed by atoms with Gasteiger partial charge in [-0.25, -0.2) is 0 Å². The van der Waals surface area contributed by atoms with Gasteiger partial charge in [0.15, 0.2) is 0 Å². The second-order valence-corrected chi connectivity index (χ2v) is 1.15. The Morgan fingerprint density at radius 3 is 1.91 bits per heavy atom. The zero-order valence-electron chi connectivity index (χ0n) is 7.35. The predicted octanol–water partition coefficient (Wildman–Crippen LogP) is -4.89. The van der Waals surface area contributed by atoms with Crippen molar-refractivity contribution in [1.29, 1.82) is 5.26 Å². The van der Waals surface area contributed by atoms with E-state index < -0.39 is 0 Å². The molecule has 0 amide bonds. The van der Waals surface area contributed by atoms with Crippen molar-refractivity contribution in [3.63, 3.8) is 0 Å². The van der Waals surface area contributed by atoms with Gasteiger partial charge in [-0.2, -0.15) is 5.26 Å². The Labute approximate surface area is 127 Å². The minimum absolute atomic E-state index is 0. The molecule has 3 nitrogen and oxygen atoms in total. The number of nitrogens with zero attached hydrogens (tertiary/aromatic N) is 1. The van der Waals surface area contributed by atoms with Gasteiger partial charge in [-0.1, -0.05) is 0 Å². The standard InChI is InChI=1S/C4H8O2.C2H3N.HI.K/c1-3-6-4(2)5;1-2-3;;/h3H2,1-2H3;1H3;1H;/q;;;+1/p-1.